The zero-order chi connectivity index (χ0) is 18.9. The van der Waals surface area contributed by atoms with Gasteiger partial charge in [0, 0.05) is 23.9 Å². The summed E-state index contributed by atoms with van der Waals surface area (Å²) < 4.78 is 7.89. The second-order valence-corrected chi connectivity index (χ2v) is 6.68. The van der Waals surface area contributed by atoms with Gasteiger partial charge in [-0.25, -0.2) is 4.98 Å². The summed E-state index contributed by atoms with van der Waals surface area (Å²) in [7, 11) is 0. The van der Waals surface area contributed by atoms with Crippen LogP contribution in [0.5, 0.6) is 0 Å². The Kier molecular flexibility index (Phi) is 4.14. The first-order valence-electron chi connectivity index (χ1n) is 9.27. The lowest BCUT2D eigenvalue weighted by atomic mass is 10.1. The van der Waals surface area contributed by atoms with Crippen LogP contribution in [0.2, 0.25) is 0 Å². The smallest absolute Gasteiger partial charge is 0.177 e. The summed E-state index contributed by atoms with van der Waals surface area (Å²) in [6.45, 7) is 1.30. The molecule has 2 aromatic carbocycles. The Morgan fingerprint density at radius 1 is 1.04 bits per heavy atom. The van der Waals surface area contributed by atoms with Gasteiger partial charge in [0.15, 0.2) is 5.58 Å². The Labute approximate surface area is 160 Å². The van der Waals surface area contributed by atoms with Crippen molar-refractivity contribution >= 4 is 38.7 Å². The number of aliphatic hydroxyl groups excluding tert-OH is 1. The molecular formula is C21H19N5O2. The fourth-order valence-electron chi connectivity index (χ4n) is 3.45. The second kappa shape index (κ2) is 6.94. The largest absolute Gasteiger partial charge is 0.452 e. The number of pyridine rings is 1. The van der Waals surface area contributed by atoms with E-state index in [1.165, 1.54) is 0 Å². The van der Waals surface area contributed by atoms with Crippen molar-refractivity contribution in [3.8, 4) is 0 Å². The molecule has 140 valence electrons. The van der Waals surface area contributed by atoms with Gasteiger partial charge in [0.25, 0.3) is 0 Å². The van der Waals surface area contributed by atoms with Gasteiger partial charge < -0.3 is 14.8 Å². The SMILES string of the molecule is OCCCn1cc(CNc2c3ccccc3nc3c2oc2ccccc23)nn1. The molecule has 3 aromatic heterocycles. The molecule has 0 aliphatic heterocycles. The van der Waals surface area contributed by atoms with Crippen molar-refractivity contribution in [1.29, 1.82) is 0 Å². The Hall–Kier alpha value is -3.45. The molecule has 0 aliphatic carbocycles. The number of furan rings is 1. The number of aromatic nitrogens is 4. The van der Waals surface area contributed by atoms with Crippen LogP contribution in [0.15, 0.2) is 59.1 Å². The normalized spacial score (nSPS) is 11.6. The van der Waals surface area contributed by atoms with E-state index >= 15 is 0 Å². The minimum absolute atomic E-state index is 0.139. The van der Waals surface area contributed by atoms with Crippen LogP contribution in [0.25, 0.3) is 33.0 Å². The second-order valence-electron chi connectivity index (χ2n) is 6.68. The molecule has 5 aromatic rings. The van der Waals surface area contributed by atoms with E-state index in [0.717, 1.165) is 44.4 Å². The van der Waals surface area contributed by atoms with Crippen LogP contribution in [0.1, 0.15) is 12.1 Å². The van der Waals surface area contributed by atoms with Crippen molar-refractivity contribution in [3.63, 3.8) is 0 Å². The molecule has 5 rings (SSSR count). The van der Waals surface area contributed by atoms with Crippen molar-refractivity contribution < 1.29 is 9.52 Å². The Morgan fingerprint density at radius 3 is 2.75 bits per heavy atom. The van der Waals surface area contributed by atoms with Crippen LogP contribution in [0, 0.1) is 0 Å². The lowest BCUT2D eigenvalue weighted by Crippen LogP contribution is -2.02. The molecule has 3 heterocycles. The van der Waals surface area contributed by atoms with Gasteiger partial charge in [-0.15, -0.1) is 5.10 Å². The van der Waals surface area contributed by atoms with Crippen LogP contribution >= 0.6 is 0 Å². The van der Waals surface area contributed by atoms with Crippen LogP contribution in [0.3, 0.4) is 0 Å². The molecule has 2 N–H and O–H groups in total. The Bertz CT molecular complexity index is 1270. The number of fused-ring (bicyclic) bond motifs is 4. The number of hydrogen-bond donors (Lipinski definition) is 2. The van der Waals surface area contributed by atoms with Gasteiger partial charge in [-0.1, -0.05) is 35.5 Å². The summed E-state index contributed by atoms with van der Waals surface area (Å²) in [6, 6.07) is 16.0. The number of nitrogens with one attached hydrogen (secondary N) is 1. The van der Waals surface area contributed by atoms with E-state index in [0.29, 0.717) is 19.5 Å². The molecule has 0 saturated carbocycles. The average Bonchev–Trinajstić information content (AvgIpc) is 3.34. The monoisotopic (exact) mass is 373 g/mol. The first-order valence-corrected chi connectivity index (χ1v) is 9.27. The number of anilines is 1. The lowest BCUT2D eigenvalue weighted by molar-refractivity contribution is 0.276. The maximum Gasteiger partial charge on any atom is 0.177 e. The Morgan fingerprint density at radius 2 is 1.86 bits per heavy atom. The van der Waals surface area contributed by atoms with E-state index in [-0.39, 0.29) is 6.61 Å². The van der Waals surface area contributed by atoms with E-state index in [1.807, 2.05) is 54.7 Å². The summed E-state index contributed by atoms with van der Waals surface area (Å²) in [4.78, 5) is 4.83. The molecule has 28 heavy (non-hydrogen) atoms. The number of benzene rings is 2. The van der Waals surface area contributed by atoms with Gasteiger partial charge in [-0.2, -0.15) is 0 Å². The summed E-state index contributed by atoms with van der Waals surface area (Å²) in [6.07, 6.45) is 2.55. The van der Waals surface area contributed by atoms with E-state index in [1.54, 1.807) is 4.68 Å². The zero-order valence-electron chi connectivity index (χ0n) is 15.2. The van der Waals surface area contributed by atoms with Gasteiger partial charge in [-0.3, -0.25) is 4.68 Å². The lowest BCUT2D eigenvalue weighted by Gasteiger charge is -2.09. The van der Waals surface area contributed by atoms with Gasteiger partial charge in [0.2, 0.25) is 0 Å². The molecule has 0 unspecified atom stereocenters. The van der Waals surface area contributed by atoms with E-state index in [4.69, 9.17) is 14.5 Å². The molecular weight excluding hydrogens is 354 g/mol. The predicted octanol–water partition coefficient (Wildman–Crippen LogP) is 3.72. The van der Waals surface area contributed by atoms with E-state index < -0.39 is 0 Å². The first-order chi connectivity index (χ1) is 13.8. The van der Waals surface area contributed by atoms with E-state index in [2.05, 4.69) is 15.6 Å². The third kappa shape index (κ3) is 2.86. The number of hydrogen-bond acceptors (Lipinski definition) is 6. The molecule has 0 aliphatic rings. The molecule has 7 nitrogen and oxygen atoms in total. The number of para-hydroxylation sites is 2. The van der Waals surface area contributed by atoms with Crippen LogP contribution < -0.4 is 5.32 Å². The standard InChI is InChI=1S/C21H19N5O2/c27-11-5-10-26-13-14(24-25-26)12-22-19-15-6-1-3-8-17(15)23-20-16-7-2-4-9-18(16)28-21(19)20/h1-4,6-9,13,27H,5,10-12H2,(H,22,23). The fraction of sp³-hybridized carbons (Fsp3) is 0.190. The van der Waals surface area contributed by atoms with Crippen molar-refractivity contribution in [2.24, 2.45) is 0 Å². The molecule has 0 bridgehead atoms. The number of aliphatic hydroxyl groups is 1. The molecule has 0 radical (unpaired) electrons. The highest BCUT2D eigenvalue weighted by molar-refractivity contribution is 6.13. The predicted molar refractivity (Wildman–Crippen MR) is 108 cm³/mol. The number of aryl methyl sites for hydroxylation is 1. The third-order valence-corrected chi connectivity index (χ3v) is 4.78. The summed E-state index contributed by atoms with van der Waals surface area (Å²) in [5, 5.41) is 22.8. The molecule has 0 amide bonds. The average molecular weight is 373 g/mol. The Balaban J connectivity index is 1.57. The van der Waals surface area contributed by atoms with Crippen LogP contribution in [-0.2, 0) is 13.1 Å². The molecule has 0 atom stereocenters. The highest BCUT2D eigenvalue weighted by atomic mass is 16.3. The zero-order valence-corrected chi connectivity index (χ0v) is 15.2. The number of rotatable bonds is 6. The number of nitrogens with zero attached hydrogens (tertiary/aromatic N) is 4. The van der Waals surface area contributed by atoms with Crippen LogP contribution in [-0.4, -0.2) is 31.7 Å². The minimum Gasteiger partial charge on any atom is -0.452 e. The highest BCUT2D eigenvalue weighted by Crippen LogP contribution is 2.36. The van der Waals surface area contributed by atoms with Gasteiger partial charge in [0.05, 0.1) is 23.9 Å². The highest BCUT2D eigenvalue weighted by Gasteiger charge is 2.16. The van der Waals surface area contributed by atoms with Crippen molar-refractivity contribution in [3.05, 3.63) is 60.4 Å². The first kappa shape index (κ1) is 16.7. The van der Waals surface area contributed by atoms with Gasteiger partial charge >= 0.3 is 0 Å². The summed E-state index contributed by atoms with van der Waals surface area (Å²) in [5.41, 5.74) is 5.05. The van der Waals surface area contributed by atoms with Gasteiger partial charge in [0.1, 0.15) is 16.8 Å². The van der Waals surface area contributed by atoms with Gasteiger partial charge in [-0.05, 0) is 24.6 Å². The molecule has 0 saturated heterocycles. The molecule has 0 fully saturated rings. The van der Waals surface area contributed by atoms with E-state index in [9.17, 15) is 0 Å². The molecule has 0 spiro atoms. The van der Waals surface area contributed by atoms with Crippen molar-refractivity contribution in [2.45, 2.75) is 19.5 Å². The van der Waals surface area contributed by atoms with Crippen molar-refractivity contribution in [1.82, 2.24) is 20.0 Å². The minimum atomic E-state index is 0.139. The topological polar surface area (TPSA) is 89.0 Å². The summed E-state index contributed by atoms with van der Waals surface area (Å²) >= 11 is 0. The van der Waals surface area contributed by atoms with Crippen LogP contribution in [0.4, 0.5) is 5.69 Å². The quantitative estimate of drug-likeness (QED) is 0.472. The third-order valence-electron chi connectivity index (χ3n) is 4.78. The maximum atomic E-state index is 8.96. The molecule has 7 heteroatoms. The van der Waals surface area contributed by atoms with Crippen molar-refractivity contribution in [2.75, 3.05) is 11.9 Å². The fourth-order valence-corrected chi connectivity index (χ4v) is 3.45. The maximum absolute atomic E-state index is 8.96. The summed E-state index contributed by atoms with van der Waals surface area (Å²) in [5.74, 6) is 0.